The van der Waals surface area contributed by atoms with Crippen LogP contribution in [0.25, 0.3) is 11.0 Å². The SMILES string of the molecule is FC(F)(F)c1nc2c(Cl)cc(Cl)c(Cl)c2[nH]1. The highest BCUT2D eigenvalue weighted by atomic mass is 35.5. The van der Waals surface area contributed by atoms with Gasteiger partial charge in [0.25, 0.3) is 0 Å². The summed E-state index contributed by atoms with van der Waals surface area (Å²) in [5.74, 6) is -1.16. The molecule has 2 nitrogen and oxygen atoms in total. The molecule has 2 rings (SSSR count). The Morgan fingerprint density at radius 1 is 1.12 bits per heavy atom. The van der Waals surface area contributed by atoms with Crippen LogP contribution in [-0.4, -0.2) is 9.97 Å². The van der Waals surface area contributed by atoms with Crippen LogP contribution in [0.15, 0.2) is 6.07 Å². The van der Waals surface area contributed by atoms with Gasteiger partial charge in [0.15, 0.2) is 0 Å². The number of alkyl halides is 3. The Morgan fingerprint density at radius 2 is 1.75 bits per heavy atom. The van der Waals surface area contributed by atoms with E-state index in [1.54, 1.807) is 0 Å². The molecule has 0 saturated heterocycles. The first-order valence-electron chi connectivity index (χ1n) is 3.91. The molecule has 0 aliphatic rings. The van der Waals surface area contributed by atoms with Crippen LogP contribution in [0.3, 0.4) is 0 Å². The Labute approximate surface area is 102 Å². The van der Waals surface area contributed by atoms with Crippen molar-refractivity contribution < 1.29 is 13.2 Å². The average molecular weight is 289 g/mol. The van der Waals surface area contributed by atoms with Gasteiger partial charge >= 0.3 is 6.18 Å². The van der Waals surface area contributed by atoms with E-state index in [2.05, 4.69) is 4.98 Å². The molecule has 0 spiro atoms. The number of aromatic amines is 1. The van der Waals surface area contributed by atoms with Crippen LogP contribution in [0.5, 0.6) is 0 Å². The van der Waals surface area contributed by atoms with Crippen LogP contribution in [0, 0.1) is 0 Å². The van der Waals surface area contributed by atoms with Crippen molar-refractivity contribution in [2.24, 2.45) is 0 Å². The van der Waals surface area contributed by atoms with E-state index in [0.29, 0.717) is 0 Å². The summed E-state index contributed by atoms with van der Waals surface area (Å²) < 4.78 is 37.1. The largest absolute Gasteiger partial charge is 0.449 e. The third-order valence-electron chi connectivity index (χ3n) is 1.88. The number of nitrogens with one attached hydrogen (secondary N) is 1. The lowest BCUT2D eigenvalue weighted by Crippen LogP contribution is -2.06. The molecule has 1 heterocycles. The first-order chi connectivity index (χ1) is 7.30. The van der Waals surface area contributed by atoms with Gasteiger partial charge in [-0.15, -0.1) is 0 Å². The third-order valence-corrected chi connectivity index (χ3v) is 2.96. The van der Waals surface area contributed by atoms with Gasteiger partial charge in [-0.2, -0.15) is 13.2 Å². The molecule has 8 heteroatoms. The van der Waals surface area contributed by atoms with Crippen molar-refractivity contribution in [1.82, 2.24) is 9.97 Å². The molecule has 0 bridgehead atoms. The van der Waals surface area contributed by atoms with E-state index >= 15 is 0 Å². The summed E-state index contributed by atoms with van der Waals surface area (Å²) >= 11 is 17.1. The van der Waals surface area contributed by atoms with Crippen LogP contribution >= 0.6 is 34.8 Å². The predicted molar refractivity (Wildman–Crippen MR) is 56.1 cm³/mol. The van der Waals surface area contributed by atoms with E-state index in [1.807, 2.05) is 4.98 Å². The van der Waals surface area contributed by atoms with E-state index in [1.165, 1.54) is 6.07 Å². The maximum absolute atomic E-state index is 12.4. The molecule has 1 aromatic heterocycles. The molecule has 1 aromatic carbocycles. The lowest BCUT2D eigenvalue weighted by atomic mass is 10.3. The zero-order valence-corrected chi connectivity index (χ0v) is 9.56. The van der Waals surface area contributed by atoms with E-state index in [-0.39, 0.29) is 26.1 Å². The number of rotatable bonds is 0. The second-order valence-electron chi connectivity index (χ2n) is 2.96. The second kappa shape index (κ2) is 3.68. The fourth-order valence-electron chi connectivity index (χ4n) is 1.20. The predicted octanol–water partition coefficient (Wildman–Crippen LogP) is 4.54. The monoisotopic (exact) mass is 288 g/mol. The highest BCUT2D eigenvalue weighted by Crippen LogP contribution is 2.37. The summed E-state index contributed by atoms with van der Waals surface area (Å²) in [7, 11) is 0. The molecule has 0 unspecified atom stereocenters. The van der Waals surface area contributed by atoms with E-state index in [9.17, 15) is 13.2 Å². The van der Waals surface area contributed by atoms with Crippen molar-refractivity contribution in [2.45, 2.75) is 6.18 Å². The fraction of sp³-hybridized carbons (Fsp3) is 0.125. The molecule has 0 fully saturated rings. The van der Waals surface area contributed by atoms with E-state index in [4.69, 9.17) is 34.8 Å². The molecular formula is C8H2Cl3F3N2. The number of imidazole rings is 1. The van der Waals surface area contributed by atoms with Crippen LogP contribution in [0.2, 0.25) is 15.1 Å². The van der Waals surface area contributed by atoms with Gasteiger partial charge in [-0.25, -0.2) is 4.98 Å². The Balaban J connectivity index is 2.80. The normalized spacial score (nSPS) is 12.4. The molecule has 0 atom stereocenters. The summed E-state index contributed by atoms with van der Waals surface area (Å²) in [6.07, 6.45) is -4.59. The second-order valence-corrected chi connectivity index (χ2v) is 4.15. The highest BCUT2D eigenvalue weighted by molar-refractivity contribution is 6.47. The van der Waals surface area contributed by atoms with Crippen LogP contribution in [0.1, 0.15) is 5.82 Å². The highest BCUT2D eigenvalue weighted by Gasteiger charge is 2.35. The number of H-pyrrole nitrogens is 1. The summed E-state index contributed by atoms with van der Waals surface area (Å²) in [5.41, 5.74) is -0.0742. The Hall–Kier alpha value is -0.650. The summed E-state index contributed by atoms with van der Waals surface area (Å²) in [6, 6.07) is 1.24. The van der Waals surface area contributed by atoms with Gasteiger partial charge in [0, 0.05) is 0 Å². The summed E-state index contributed by atoms with van der Waals surface area (Å²) in [5, 5.41) is 0.0387. The summed E-state index contributed by atoms with van der Waals surface area (Å²) in [6.45, 7) is 0. The van der Waals surface area contributed by atoms with Gasteiger partial charge in [-0.05, 0) is 6.07 Å². The Morgan fingerprint density at radius 3 is 2.31 bits per heavy atom. The van der Waals surface area contributed by atoms with Crippen LogP contribution in [-0.2, 0) is 6.18 Å². The molecule has 0 aliphatic carbocycles. The zero-order chi connectivity index (χ0) is 12.1. The van der Waals surface area contributed by atoms with Gasteiger partial charge < -0.3 is 4.98 Å². The molecule has 0 amide bonds. The minimum atomic E-state index is -4.59. The molecule has 1 N–H and O–H groups in total. The lowest BCUT2D eigenvalue weighted by molar-refractivity contribution is -0.144. The zero-order valence-electron chi connectivity index (χ0n) is 7.29. The Bertz CT molecular complexity index is 562. The molecule has 16 heavy (non-hydrogen) atoms. The van der Waals surface area contributed by atoms with Gasteiger partial charge in [-0.3, -0.25) is 0 Å². The third kappa shape index (κ3) is 1.83. The van der Waals surface area contributed by atoms with E-state index in [0.717, 1.165) is 0 Å². The van der Waals surface area contributed by atoms with Crippen molar-refractivity contribution in [3.8, 4) is 0 Å². The van der Waals surface area contributed by atoms with Crippen LogP contribution < -0.4 is 0 Å². The number of benzene rings is 1. The lowest BCUT2D eigenvalue weighted by Gasteiger charge is -1.99. The quantitative estimate of drug-likeness (QED) is 0.709. The number of hydrogen-bond acceptors (Lipinski definition) is 1. The van der Waals surface area contributed by atoms with Gasteiger partial charge in [-0.1, -0.05) is 34.8 Å². The summed E-state index contributed by atoms with van der Waals surface area (Å²) in [4.78, 5) is 5.38. The molecule has 0 radical (unpaired) electrons. The van der Waals surface area contributed by atoms with Crippen molar-refractivity contribution >= 4 is 45.8 Å². The molecule has 0 aliphatic heterocycles. The molecular weight excluding hydrogens is 287 g/mol. The minimum absolute atomic E-state index is 0.0103. The number of fused-ring (bicyclic) bond motifs is 1. The van der Waals surface area contributed by atoms with Gasteiger partial charge in [0.1, 0.15) is 5.52 Å². The van der Waals surface area contributed by atoms with Crippen molar-refractivity contribution in [3.05, 3.63) is 27.0 Å². The number of aromatic nitrogens is 2. The number of nitrogens with zero attached hydrogens (tertiary/aromatic N) is 1. The first-order valence-corrected chi connectivity index (χ1v) is 5.04. The van der Waals surface area contributed by atoms with Crippen molar-refractivity contribution in [1.29, 1.82) is 0 Å². The average Bonchev–Trinajstić information content (AvgIpc) is 2.58. The molecule has 2 aromatic rings. The van der Waals surface area contributed by atoms with Crippen molar-refractivity contribution in [2.75, 3.05) is 0 Å². The standard InChI is InChI=1S/C8H2Cl3F3N2/c9-2-1-3(10)5-6(4(2)11)16-7(15-5)8(12,13)14/h1H,(H,15,16). The maximum Gasteiger partial charge on any atom is 0.449 e. The fourth-order valence-corrected chi connectivity index (χ4v) is 1.90. The smallest absolute Gasteiger partial charge is 0.333 e. The Kier molecular flexibility index (Phi) is 2.72. The van der Waals surface area contributed by atoms with Crippen molar-refractivity contribution in [3.63, 3.8) is 0 Å². The van der Waals surface area contributed by atoms with Gasteiger partial charge in [0.05, 0.1) is 20.6 Å². The maximum atomic E-state index is 12.4. The number of halogens is 6. The topological polar surface area (TPSA) is 28.7 Å². The van der Waals surface area contributed by atoms with Crippen LogP contribution in [0.4, 0.5) is 13.2 Å². The molecule has 86 valence electrons. The number of hydrogen-bond donors (Lipinski definition) is 1. The molecule has 0 saturated carbocycles. The van der Waals surface area contributed by atoms with E-state index < -0.39 is 12.0 Å². The first kappa shape index (κ1) is 11.8. The minimum Gasteiger partial charge on any atom is -0.333 e. The van der Waals surface area contributed by atoms with Gasteiger partial charge in [0.2, 0.25) is 5.82 Å².